The van der Waals surface area contributed by atoms with E-state index in [0.29, 0.717) is 0 Å². The first-order valence-corrected chi connectivity index (χ1v) is 6.44. The van der Waals surface area contributed by atoms with Gasteiger partial charge < -0.3 is 9.84 Å². The third-order valence-corrected chi connectivity index (χ3v) is 3.81. The summed E-state index contributed by atoms with van der Waals surface area (Å²) < 4.78 is 33.0. The number of ether oxygens (including phenoxy) is 1. The molecule has 0 aliphatic carbocycles. The molecule has 0 saturated heterocycles. The minimum atomic E-state index is -4.08. The zero-order valence-corrected chi connectivity index (χ0v) is 10.2. The maximum atomic E-state index is 11.6. The summed E-state index contributed by atoms with van der Waals surface area (Å²) >= 11 is 0.754. The van der Waals surface area contributed by atoms with Gasteiger partial charge in [-0.3, -0.25) is 4.79 Å². The van der Waals surface area contributed by atoms with Gasteiger partial charge in [0.25, 0.3) is 0 Å². The molecule has 8 nitrogen and oxygen atoms in total. The molecule has 0 saturated carbocycles. The van der Waals surface area contributed by atoms with Crippen molar-refractivity contribution in [1.82, 2.24) is 9.10 Å². The monoisotopic (exact) mass is 280 g/mol. The number of methoxy groups -OCH3 is 1. The largest absolute Gasteiger partial charge is 0.480 e. The maximum Gasteiger partial charge on any atom is 0.359 e. The highest BCUT2D eigenvalue weighted by Gasteiger charge is 2.26. The number of hydrogen-bond acceptors (Lipinski definition) is 7. The molecule has 0 radical (unpaired) electrons. The second-order valence-corrected chi connectivity index (χ2v) is 5.10. The Morgan fingerprint density at radius 3 is 2.76 bits per heavy atom. The van der Waals surface area contributed by atoms with Crippen molar-refractivity contribution in [3.8, 4) is 0 Å². The van der Waals surface area contributed by atoms with Crippen LogP contribution in [0.5, 0.6) is 0 Å². The first-order chi connectivity index (χ1) is 7.88. The molecule has 0 aromatic carbocycles. The number of nitrogens with zero attached hydrogens (tertiary/aromatic N) is 1. The molecule has 1 aromatic rings. The Morgan fingerprint density at radius 2 is 2.24 bits per heavy atom. The molecule has 1 aromatic heterocycles. The Hall–Kier alpha value is -1.52. The van der Waals surface area contributed by atoms with E-state index < -0.39 is 33.4 Å². The van der Waals surface area contributed by atoms with Gasteiger partial charge in [0.05, 0.1) is 7.11 Å². The van der Waals surface area contributed by atoms with Crippen molar-refractivity contribution in [2.45, 2.75) is 4.90 Å². The molecule has 0 spiro atoms. The highest BCUT2D eigenvalue weighted by atomic mass is 32.2. The lowest BCUT2D eigenvalue weighted by atomic mass is 10.4. The van der Waals surface area contributed by atoms with E-state index in [1.54, 1.807) is 0 Å². The normalized spacial score (nSPS) is 11.1. The maximum absolute atomic E-state index is 11.6. The lowest BCUT2D eigenvalue weighted by Crippen LogP contribution is -2.30. The number of esters is 1. The molecular formula is C7H8N2O6S2. The highest BCUT2D eigenvalue weighted by Crippen LogP contribution is 2.17. The van der Waals surface area contributed by atoms with Gasteiger partial charge in [-0.25, -0.2) is 13.2 Å². The predicted molar refractivity (Wildman–Crippen MR) is 56.3 cm³/mol. The van der Waals surface area contributed by atoms with Crippen LogP contribution in [-0.2, 0) is 19.6 Å². The van der Waals surface area contributed by atoms with Crippen LogP contribution < -0.4 is 4.72 Å². The number of carbonyl (C=O) groups is 2. The molecular weight excluding hydrogens is 272 g/mol. The molecule has 0 aliphatic heterocycles. The molecule has 17 heavy (non-hydrogen) atoms. The van der Waals surface area contributed by atoms with Gasteiger partial charge in [0, 0.05) is 5.38 Å². The second-order valence-electron chi connectivity index (χ2n) is 2.74. The van der Waals surface area contributed by atoms with E-state index in [4.69, 9.17) is 5.11 Å². The molecule has 1 rings (SSSR count). The fourth-order valence-corrected chi connectivity index (χ4v) is 2.97. The van der Waals surface area contributed by atoms with Crippen molar-refractivity contribution in [2.24, 2.45) is 0 Å². The van der Waals surface area contributed by atoms with Crippen molar-refractivity contribution >= 4 is 33.5 Å². The fourth-order valence-electron chi connectivity index (χ4n) is 0.887. The van der Waals surface area contributed by atoms with E-state index in [2.05, 4.69) is 9.11 Å². The number of hydrogen-bond donors (Lipinski definition) is 2. The summed E-state index contributed by atoms with van der Waals surface area (Å²) in [6.07, 6.45) is 0. The summed E-state index contributed by atoms with van der Waals surface area (Å²) in [7, 11) is -3.00. The van der Waals surface area contributed by atoms with Crippen molar-refractivity contribution in [2.75, 3.05) is 13.7 Å². The Morgan fingerprint density at radius 1 is 1.59 bits per heavy atom. The molecule has 0 amide bonds. The predicted octanol–water partition coefficient (Wildman–Crippen LogP) is -0.707. The smallest absolute Gasteiger partial charge is 0.359 e. The Balaban J connectivity index is 3.03. The van der Waals surface area contributed by atoms with Crippen LogP contribution in [0.4, 0.5) is 0 Å². The SMILES string of the molecule is COC(=O)c1nscc1S(=O)(=O)NCC(=O)O. The van der Waals surface area contributed by atoms with Crippen molar-refractivity contribution < 1.29 is 27.9 Å². The fraction of sp³-hybridized carbons (Fsp3) is 0.286. The van der Waals surface area contributed by atoms with Crippen LogP contribution in [0.2, 0.25) is 0 Å². The number of rotatable bonds is 5. The quantitative estimate of drug-likeness (QED) is 0.683. The summed E-state index contributed by atoms with van der Waals surface area (Å²) in [6, 6.07) is 0. The number of carbonyl (C=O) groups excluding carboxylic acids is 1. The first kappa shape index (κ1) is 13.5. The van der Waals surface area contributed by atoms with Gasteiger partial charge in [0.2, 0.25) is 10.0 Å². The van der Waals surface area contributed by atoms with Gasteiger partial charge in [-0.05, 0) is 11.5 Å². The van der Waals surface area contributed by atoms with E-state index in [1.165, 1.54) is 0 Å². The molecule has 0 atom stereocenters. The molecule has 0 aliphatic rings. The molecule has 0 bridgehead atoms. The number of carboxylic acid groups (broad SMARTS) is 1. The minimum absolute atomic E-state index is 0.365. The van der Waals surface area contributed by atoms with Crippen molar-refractivity contribution in [3.63, 3.8) is 0 Å². The molecule has 2 N–H and O–H groups in total. The van der Waals surface area contributed by atoms with Crippen LogP contribution in [0.1, 0.15) is 10.5 Å². The van der Waals surface area contributed by atoms with Crippen LogP contribution >= 0.6 is 11.5 Å². The molecule has 0 fully saturated rings. The van der Waals surface area contributed by atoms with Crippen LogP contribution in [0.15, 0.2) is 10.3 Å². The number of sulfonamides is 1. The zero-order valence-electron chi connectivity index (χ0n) is 8.54. The van der Waals surface area contributed by atoms with Crippen LogP contribution in [0.3, 0.4) is 0 Å². The molecule has 94 valence electrons. The lowest BCUT2D eigenvalue weighted by Gasteiger charge is -2.03. The Labute approximate surface area is 100 Å². The van der Waals surface area contributed by atoms with E-state index >= 15 is 0 Å². The van der Waals surface area contributed by atoms with Gasteiger partial charge in [-0.2, -0.15) is 9.10 Å². The van der Waals surface area contributed by atoms with Crippen molar-refractivity contribution in [3.05, 3.63) is 11.1 Å². The zero-order chi connectivity index (χ0) is 13.1. The van der Waals surface area contributed by atoms with Gasteiger partial charge in [-0.1, -0.05) is 0 Å². The summed E-state index contributed by atoms with van der Waals surface area (Å²) in [6.45, 7) is -0.779. The van der Waals surface area contributed by atoms with E-state index in [0.717, 1.165) is 24.0 Å². The highest BCUT2D eigenvalue weighted by molar-refractivity contribution is 7.89. The Kier molecular flexibility index (Phi) is 4.15. The van der Waals surface area contributed by atoms with Gasteiger partial charge in [0.15, 0.2) is 5.69 Å². The van der Waals surface area contributed by atoms with E-state index in [1.807, 2.05) is 4.72 Å². The van der Waals surface area contributed by atoms with Gasteiger partial charge >= 0.3 is 11.9 Å². The van der Waals surface area contributed by atoms with Crippen LogP contribution in [-0.4, -0.2) is 43.5 Å². The summed E-state index contributed by atoms with van der Waals surface area (Å²) in [5.41, 5.74) is -0.365. The van der Waals surface area contributed by atoms with Crippen LogP contribution in [0, 0.1) is 0 Å². The van der Waals surface area contributed by atoms with Gasteiger partial charge in [-0.15, -0.1) is 0 Å². The topological polar surface area (TPSA) is 123 Å². The number of nitrogens with one attached hydrogen (secondary N) is 1. The summed E-state index contributed by atoms with van der Waals surface area (Å²) in [5.74, 6) is -2.24. The third-order valence-electron chi connectivity index (χ3n) is 1.62. The lowest BCUT2D eigenvalue weighted by molar-refractivity contribution is -0.135. The van der Waals surface area contributed by atoms with E-state index in [-0.39, 0.29) is 5.69 Å². The average Bonchev–Trinajstić information content (AvgIpc) is 2.75. The van der Waals surface area contributed by atoms with E-state index in [9.17, 15) is 18.0 Å². The third kappa shape index (κ3) is 3.22. The Bertz CT molecular complexity index is 534. The number of aliphatic carboxylic acids is 1. The van der Waals surface area contributed by atoms with Gasteiger partial charge in [0.1, 0.15) is 11.4 Å². The summed E-state index contributed by atoms with van der Waals surface area (Å²) in [5, 5.41) is 9.49. The second kappa shape index (κ2) is 5.21. The molecule has 1 heterocycles. The minimum Gasteiger partial charge on any atom is -0.480 e. The molecule has 10 heteroatoms. The van der Waals surface area contributed by atoms with Crippen molar-refractivity contribution in [1.29, 1.82) is 0 Å². The number of aromatic nitrogens is 1. The van der Waals surface area contributed by atoms with Crippen LogP contribution in [0.25, 0.3) is 0 Å². The first-order valence-electron chi connectivity index (χ1n) is 4.12. The standard InChI is InChI=1S/C7H8N2O6S2/c1-15-7(12)6-4(3-16-9-6)17(13,14)8-2-5(10)11/h3,8H,2H2,1H3,(H,10,11). The molecule has 0 unspecified atom stereocenters. The average molecular weight is 280 g/mol. The summed E-state index contributed by atoms with van der Waals surface area (Å²) in [4.78, 5) is 21.1. The number of carboxylic acids is 1.